The SMILES string of the molecule is COC(=O)c1ccc(CCC(C)(C)COc2cc(C)c(-c3ccc(C(F)(F)F)cc3)c(C)c2)cc1. The predicted molar refractivity (Wildman–Crippen MR) is 132 cm³/mol. The average molecular weight is 485 g/mol. The third-order valence-corrected chi connectivity index (χ3v) is 6.10. The summed E-state index contributed by atoms with van der Waals surface area (Å²) in [5.74, 6) is 0.395. The minimum absolute atomic E-state index is 0.0884. The number of esters is 1. The highest BCUT2D eigenvalue weighted by molar-refractivity contribution is 5.89. The van der Waals surface area contributed by atoms with Gasteiger partial charge in [-0.1, -0.05) is 38.1 Å². The molecule has 3 rings (SSSR count). The normalized spacial score (nSPS) is 11.9. The van der Waals surface area contributed by atoms with Gasteiger partial charge >= 0.3 is 12.1 Å². The molecular weight excluding hydrogens is 453 g/mol. The molecule has 0 aliphatic heterocycles. The largest absolute Gasteiger partial charge is 0.493 e. The summed E-state index contributed by atoms with van der Waals surface area (Å²) in [5.41, 5.74) is 4.49. The molecule has 3 aromatic carbocycles. The molecule has 3 aromatic rings. The first-order chi connectivity index (χ1) is 16.4. The molecule has 0 atom stereocenters. The summed E-state index contributed by atoms with van der Waals surface area (Å²) >= 11 is 0. The lowest BCUT2D eigenvalue weighted by molar-refractivity contribution is -0.137. The van der Waals surface area contributed by atoms with Crippen molar-refractivity contribution in [1.82, 2.24) is 0 Å². The van der Waals surface area contributed by atoms with Gasteiger partial charge in [0.1, 0.15) is 5.75 Å². The smallest absolute Gasteiger partial charge is 0.416 e. The number of carbonyl (C=O) groups excluding carboxylic acids is 1. The predicted octanol–water partition coefficient (Wildman–Crippen LogP) is 7.81. The molecule has 0 heterocycles. The molecule has 0 aromatic heterocycles. The maximum atomic E-state index is 12.9. The number of benzene rings is 3. The summed E-state index contributed by atoms with van der Waals surface area (Å²) in [7, 11) is 1.37. The topological polar surface area (TPSA) is 35.5 Å². The number of alkyl halides is 3. The van der Waals surface area contributed by atoms with E-state index in [0.717, 1.165) is 58.5 Å². The van der Waals surface area contributed by atoms with Gasteiger partial charge in [-0.15, -0.1) is 0 Å². The maximum Gasteiger partial charge on any atom is 0.416 e. The van der Waals surface area contributed by atoms with Crippen LogP contribution in [0.4, 0.5) is 13.2 Å². The summed E-state index contributed by atoms with van der Waals surface area (Å²) in [5, 5.41) is 0. The van der Waals surface area contributed by atoms with Gasteiger partial charge in [0.2, 0.25) is 0 Å². The summed E-state index contributed by atoms with van der Waals surface area (Å²) in [6, 6.07) is 16.5. The van der Waals surface area contributed by atoms with Crippen LogP contribution in [-0.4, -0.2) is 19.7 Å². The van der Waals surface area contributed by atoms with Crippen molar-refractivity contribution < 1.29 is 27.4 Å². The van der Waals surface area contributed by atoms with Gasteiger partial charge in [0, 0.05) is 0 Å². The number of aryl methyl sites for hydroxylation is 3. The highest BCUT2D eigenvalue weighted by Crippen LogP contribution is 2.35. The highest BCUT2D eigenvalue weighted by atomic mass is 19.4. The molecule has 0 bridgehead atoms. The van der Waals surface area contributed by atoms with E-state index in [1.807, 2.05) is 38.1 Å². The van der Waals surface area contributed by atoms with Gasteiger partial charge < -0.3 is 9.47 Å². The lowest BCUT2D eigenvalue weighted by atomic mass is 9.87. The Labute approximate surface area is 204 Å². The summed E-state index contributed by atoms with van der Waals surface area (Å²) in [6.07, 6.45) is -2.60. The zero-order chi connectivity index (χ0) is 25.8. The molecule has 0 saturated carbocycles. The number of hydrogen-bond acceptors (Lipinski definition) is 3. The van der Waals surface area contributed by atoms with Crippen molar-refractivity contribution >= 4 is 5.97 Å². The van der Waals surface area contributed by atoms with E-state index in [2.05, 4.69) is 13.8 Å². The van der Waals surface area contributed by atoms with Gasteiger partial charge in [0.05, 0.1) is 24.8 Å². The summed E-state index contributed by atoms with van der Waals surface area (Å²) < 4.78 is 49.5. The fraction of sp³-hybridized carbons (Fsp3) is 0.345. The molecule has 186 valence electrons. The Kier molecular flexibility index (Phi) is 7.93. The van der Waals surface area contributed by atoms with Crippen LogP contribution in [0.5, 0.6) is 5.75 Å². The van der Waals surface area contributed by atoms with Crippen LogP contribution >= 0.6 is 0 Å². The van der Waals surface area contributed by atoms with Gasteiger partial charge in [0.15, 0.2) is 0 Å². The van der Waals surface area contributed by atoms with Crippen LogP contribution in [0, 0.1) is 19.3 Å². The van der Waals surface area contributed by atoms with Gasteiger partial charge in [0.25, 0.3) is 0 Å². The van der Waals surface area contributed by atoms with Gasteiger partial charge in [-0.2, -0.15) is 13.2 Å². The van der Waals surface area contributed by atoms with Crippen LogP contribution in [0.2, 0.25) is 0 Å². The van der Waals surface area contributed by atoms with Crippen LogP contribution < -0.4 is 4.74 Å². The number of ether oxygens (including phenoxy) is 2. The number of carbonyl (C=O) groups is 1. The van der Waals surface area contributed by atoms with E-state index >= 15 is 0 Å². The fourth-order valence-electron chi connectivity index (χ4n) is 4.05. The van der Waals surface area contributed by atoms with E-state index in [-0.39, 0.29) is 11.4 Å². The molecule has 0 aliphatic carbocycles. The Hall–Kier alpha value is -3.28. The Balaban J connectivity index is 1.63. The quantitative estimate of drug-likeness (QED) is 0.306. The van der Waals surface area contributed by atoms with Crippen molar-refractivity contribution in [2.45, 2.75) is 46.7 Å². The van der Waals surface area contributed by atoms with E-state index in [1.165, 1.54) is 19.2 Å². The Morgan fingerprint density at radius 3 is 1.97 bits per heavy atom. The molecular formula is C29H31F3O3. The molecule has 0 radical (unpaired) electrons. The summed E-state index contributed by atoms with van der Waals surface area (Å²) in [4.78, 5) is 11.6. The molecule has 0 saturated heterocycles. The van der Waals surface area contributed by atoms with Crippen molar-refractivity contribution in [2.75, 3.05) is 13.7 Å². The van der Waals surface area contributed by atoms with E-state index in [9.17, 15) is 18.0 Å². The molecule has 0 unspecified atom stereocenters. The van der Waals surface area contributed by atoms with Gasteiger partial charge in [-0.05, 0) is 96.3 Å². The van der Waals surface area contributed by atoms with Gasteiger partial charge in [-0.3, -0.25) is 0 Å². The second-order valence-electron chi connectivity index (χ2n) is 9.65. The third-order valence-electron chi connectivity index (χ3n) is 6.10. The van der Waals surface area contributed by atoms with E-state index in [4.69, 9.17) is 9.47 Å². The van der Waals surface area contributed by atoms with Crippen LogP contribution in [0.25, 0.3) is 11.1 Å². The molecule has 0 aliphatic rings. The Morgan fingerprint density at radius 1 is 0.886 bits per heavy atom. The molecule has 6 heteroatoms. The van der Waals surface area contributed by atoms with Crippen LogP contribution in [-0.2, 0) is 17.3 Å². The lowest BCUT2D eigenvalue weighted by Gasteiger charge is -2.25. The second kappa shape index (κ2) is 10.5. The van der Waals surface area contributed by atoms with Crippen molar-refractivity contribution in [2.24, 2.45) is 5.41 Å². The number of rotatable bonds is 8. The standard InChI is InChI=1S/C29H31F3O3/c1-19-16-25(17-20(2)26(19)22-10-12-24(13-11-22)29(30,31)32)35-18-28(3,4)15-14-21-6-8-23(9-7-21)27(33)34-5/h6-13,16-17H,14-15,18H2,1-5H3. The van der Waals surface area contributed by atoms with Crippen molar-refractivity contribution in [3.8, 4) is 16.9 Å². The second-order valence-corrected chi connectivity index (χ2v) is 9.65. The molecule has 0 N–H and O–H groups in total. The van der Waals surface area contributed by atoms with E-state index in [0.29, 0.717) is 12.2 Å². The average Bonchev–Trinajstić information content (AvgIpc) is 2.81. The van der Waals surface area contributed by atoms with E-state index < -0.39 is 11.7 Å². The molecule has 0 fully saturated rings. The number of halogens is 3. The maximum absolute atomic E-state index is 12.9. The minimum atomic E-state index is -4.35. The first kappa shape index (κ1) is 26.3. The fourth-order valence-corrected chi connectivity index (χ4v) is 4.05. The minimum Gasteiger partial charge on any atom is -0.493 e. The monoisotopic (exact) mass is 484 g/mol. The molecule has 0 spiro atoms. The summed E-state index contributed by atoms with van der Waals surface area (Å²) in [6.45, 7) is 8.69. The van der Waals surface area contributed by atoms with E-state index in [1.54, 1.807) is 12.1 Å². The Morgan fingerprint density at radius 2 is 1.46 bits per heavy atom. The van der Waals surface area contributed by atoms with Gasteiger partial charge in [-0.25, -0.2) is 4.79 Å². The van der Waals surface area contributed by atoms with Crippen molar-refractivity contribution in [1.29, 1.82) is 0 Å². The van der Waals surface area contributed by atoms with Crippen LogP contribution in [0.15, 0.2) is 60.7 Å². The molecule has 3 nitrogen and oxygen atoms in total. The van der Waals surface area contributed by atoms with Crippen molar-refractivity contribution in [3.63, 3.8) is 0 Å². The first-order valence-electron chi connectivity index (χ1n) is 11.5. The third kappa shape index (κ3) is 6.87. The van der Waals surface area contributed by atoms with Crippen LogP contribution in [0.3, 0.4) is 0 Å². The zero-order valence-corrected chi connectivity index (χ0v) is 20.8. The van der Waals surface area contributed by atoms with Crippen LogP contribution in [0.1, 0.15) is 52.9 Å². The lowest BCUT2D eigenvalue weighted by Crippen LogP contribution is -2.22. The zero-order valence-electron chi connectivity index (χ0n) is 20.8. The van der Waals surface area contributed by atoms with Crippen molar-refractivity contribution in [3.05, 3.63) is 88.5 Å². The molecule has 0 amide bonds. The molecule has 35 heavy (non-hydrogen) atoms. The first-order valence-corrected chi connectivity index (χ1v) is 11.5. The number of hydrogen-bond donors (Lipinski definition) is 0. The Bertz CT molecular complexity index is 1140. The number of methoxy groups -OCH3 is 1. The highest BCUT2D eigenvalue weighted by Gasteiger charge is 2.30.